The molecule has 1 unspecified atom stereocenters. The van der Waals surface area contributed by atoms with Crippen molar-refractivity contribution < 1.29 is 19.1 Å². The van der Waals surface area contributed by atoms with E-state index in [1.807, 2.05) is 6.07 Å². The molecule has 142 valence electrons. The van der Waals surface area contributed by atoms with E-state index in [4.69, 9.17) is 9.47 Å². The average Bonchev–Trinajstić information content (AvgIpc) is 2.98. The molecule has 27 heavy (non-hydrogen) atoms. The predicted octanol–water partition coefficient (Wildman–Crippen LogP) is 4.57. The van der Waals surface area contributed by atoms with Crippen LogP contribution in [0.1, 0.15) is 42.6 Å². The third-order valence-corrected chi connectivity index (χ3v) is 4.60. The third-order valence-electron chi connectivity index (χ3n) is 4.16. The third kappa shape index (κ3) is 4.13. The van der Waals surface area contributed by atoms with Crippen molar-refractivity contribution in [2.45, 2.75) is 32.3 Å². The van der Waals surface area contributed by atoms with Gasteiger partial charge >= 0.3 is 6.09 Å². The van der Waals surface area contributed by atoms with Gasteiger partial charge in [-0.15, -0.1) is 0 Å². The van der Waals surface area contributed by atoms with Crippen molar-refractivity contribution in [1.29, 1.82) is 0 Å². The summed E-state index contributed by atoms with van der Waals surface area (Å²) in [5.41, 5.74) is 0.624. The number of carbonyl (C=O) groups excluding carboxylic acids is 2. The van der Waals surface area contributed by atoms with Crippen LogP contribution in [0.4, 0.5) is 10.6 Å². The van der Waals surface area contributed by atoms with E-state index in [1.165, 1.54) is 4.90 Å². The SMILES string of the molecule is COc1ccc(C(=O)C2CN(C(=O)OC(C)(C)C)c3ncc(Br)cc32)cc1. The van der Waals surface area contributed by atoms with Gasteiger partial charge in [-0.1, -0.05) is 0 Å². The summed E-state index contributed by atoms with van der Waals surface area (Å²) < 4.78 is 11.4. The van der Waals surface area contributed by atoms with E-state index in [0.717, 1.165) is 4.47 Å². The molecule has 2 heterocycles. The molecule has 7 heteroatoms. The lowest BCUT2D eigenvalue weighted by Crippen LogP contribution is -2.37. The second-order valence-electron chi connectivity index (χ2n) is 7.30. The van der Waals surface area contributed by atoms with Gasteiger partial charge in [-0.25, -0.2) is 9.78 Å². The van der Waals surface area contributed by atoms with Gasteiger partial charge in [-0.2, -0.15) is 0 Å². The van der Waals surface area contributed by atoms with Gasteiger partial charge in [-0.3, -0.25) is 9.69 Å². The summed E-state index contributed by atoms with van der Waals surface area (Å²) in [5.74, 6) is 0.549. The Morgan fingerprint density at radius 2 is 1.89 bits per heavy atom. The van der Waals surface area contributed by atoms with Crippen molar-refractivity contribution in [3.8, 4) is 5.75 Å². The quantitative estimate of drug-likeness (QED) is 0.664. The highest BCUT2D eigenvalue weighted by molar-refractivity contribution is 9.10. The molecule has 1 aromatic carbocycles. The summed E-state index contributed by atoms with van der Waals surface area (Å²) in [6.07, 6.45) is 1.10. The van der Waals surface area contributed by atoms with Crippen LogP contribution in [0.15, 0.2) is 41.0 Å². The Bertz CT molecular complexity index is 875. The highest BCUT2D eigenvalue weighted by Crippen LogP contribution is 2.38. The Kier molecular flexibility index (Phi) is 5.24. The Morgan fingerprint density at radius 1 is 1.22 bits per heavy atom. The van der Waals surface area contributed by atoms with Gasteiger partial charge in [0, 0.05) is 28.3 Å². The molecule has 0 radical (unpaired) electrons. The van der Waals surface area contributed by atoms with Crippen molar-refractivity contribution in [1.82, 2.24) is 4.98 Å². The lowest BCUT2D eigenvalue weighted by Gasteiger charge is -2.24. The maximum atomic E-state index is 13.1. The molecule has 0 aliphatic carbocycles. The number of halogens is 1. The molecule has 0 N–H and O–H groups in total. The average molecular weight is 433 g/mol. The zero-order valence-electron chi connectivity index (χ0n) is 15.7. The summed E-state index contributed by atoms with van der Waals surface area (Å²) in [4.78, 5) is 31.5. The van der Waals surface area contributed by atoms with E-state index in [2.05, 4.69) is 20.9 Å². The summed E-state index contributed by atoms with van der Waals surface area (Å²) in [5, 5.41) is 0. The fourth-order valence-corrected chi connectivity index (χ4v) is 3.30. The number of methoxy groups -OCH3 is 1. The summed E-state index contributed by atoms with van der Waals surface area (Å²) >= 11 is 3.40. The number of amides is 1. The number of nitrogens with zero attached hydrogens (tertiary/aromatic N) is 2. The summed E-state index contributed by atoms with van der Waals surface area (Å²) in [6, 6.07) is 8.77. The number of aromatic nitrogens is 1. The zero-order valence-corrected chi connectivity index (χ0v) is 17.2. The van der Waals surface area contributed by atoms with Gasteiger partial charge in [0.2, 0.25) is 0 Å². The standard InChI is InChI=1S/C20H21BrN2O4/c1-20(2,3)27-19(25)23-11-16(15-9-13(21)10-22-18(15)23)17(24)12-5-7-14(26-4)8-6-12/h5-10,16H,11H2,1-4H3. The fraction of sp³-hybridized carbons (Fsp3) is 0.350. The molecule has 0 bridgehead atoms. The molecule has 0 fully saturated rings. The highest BCUT2D eigenvalue weighted by atomic mass is 79.9. The summed E-state index contributed by atoms with van der Waals surface area (Å²) in [6.45, 7) is 5.60. The predicted molar refractivity (Wildman–Crippen MR) is 106 cm³/mol. The maximum Gasteiger partial charge on any atom is 0.416 e. The highest BCUT2D eigenvalue weighted by Gasteiger charge is 2.40. The normalized spacial score (nSPS) is 16.0. The number of fused-ring (bicyclic) bond motifs is 1. The maximum absolute atomic E-state index is 13.1. The number of pyridine rings is 1. The molecule has 6 nitrogen and oxygen atoms in total. The van der Waals surface area contributed by atoms with Crippen LogP contribution in [-0.2, 0) is 4.74 Å². The minimum Gasteiger partial charge on any atom is -0.497 e. The first-order valence-corrected chi connectivity index (χ1v) is 9.33. The lowest BCUT2D eigenvalue weighted by molar-refractivity contribution is 0.0581. The van der Waals surface area contributed by atoms with Crippen molar-refractivity contribution in [3.05, 3.63) is 52.1 Å². The number of benzene rings is 1. The first-order chi connectivity index (χ1) is 12.7. The van der Waals surface area contributed by atoms with Gasteiger partial charge in [0.15, 0.2) is 5.78 Å². The molecule has 0 saturated heterocycles. The molecule has 1 atom stereocenters. The van der Waals surface area contributed by atoms with E-state index < -0.39 is 17.6 Å². The van der Waals surface area contributed by atoms with Crippen molar-refractivity contribution in [2.24, 2.45) is 0 Å². The van der Waals surface area contributed by atoms with Gasteiger partial charge in [-0.05, 0) is 67.0 Å². The molecule has 0 saturated carbocycles. The number of anilines is 1. The number of ether oxygens (including phenoxy) is 2. The fourth-order valence-electron chi connectivity index (χ4n) is 2.96. The molecule has 1 amide bonds. The van der Waals surface area contributed by atoms with Crippen LogP contribution in [0.3, 0.4) is 0 Å². The van der Waals surface area contributed by atoms with E-state index in [0.29, 0.717) is 22.7 Å². The topological polar surface area (TPSA) is 68.7 Å². The van der Waals surface area contributed by atoms with Crippen LogP contribution < -0.4 is 9.64 Å². The number of rotatable bonds is 3. The molecule has 2 aromatic rings. The first kappa shape index (κ1) is 19.4. The monoisotopic (exact) mass is 432 g/mol. The van der Waals surface area contributed by atoms with Crippen LogP contribution in [-0.4, -0.2) is 36.1 Å². The Morgan fingerprint density at radius 3 is 2.48 bits per heavy atom. The van der Waals surface area contributed by atoms with E-state index in [9.17, 15) is 9.59 Å². The largest absolute Gasteiger partial charge is 0.497 e. The van der Waals surface area contributed by atoms with Gasteiger partial charge < -0.3 is 9.47 Å². The minimum atomic E-state index is -0.634. The van der Waals surface area contributed by atoms with Crippen LogP contribution in [0, 0.1) is 0 Å². The molecule has 0 spiro atoms. The van der Waals surface area contributed by atoms with Gasteiger partial charge in [0.25, 0.3) is 0 Å². The Hall–Kier alpha value is -2.41. The smallest absolute Gasteiger partial charge is 0.416 e. The van der Waals surface area contributed by atoms with Crippen LogP contribution in [0.2, 0.25) is 0 Å². The van der Waals surface area contributed by atoms with Crippen molar-refractivity contribution >= 4 is 33.6 Å². The Balaban J connectivity index is 1.93. The molecular formula is C20H21BrN2O4. The number of hydrogen-bond donors (Lipinski definition) is 0. The zero-order chi connectivity index (χ0) is 19.8. The number of Topliss-reactive ketones (excluding diaryl/α,β-unsaturated/α-hetero) is 1. The Labute approximate surface area is 166 Å². The molecular weight excluding hydrogens is 412 g/mol. The molecule has 3 rings (SSSR count). The number of carbonyl (C=O) groups is 2. The minimum absolute atomic E-state index is 0.0788. The number of hydrogen-bond acceptors (Lipinski definition) is 5. The van der Waals surface area contributed by atoms with Crippen LogP contribution in [0.5, 0.6) is 5.75 Å². The van der Waals surface area contributed by atoms with E-state index in [-0.39, 0.29) is 12.3 Å². The molecule has 1 aliphatic heterocycles. The van der Waals surface area contributed by atoms with Crippen LogP contribution >= 0.6 is 15.9 Å². The van der Waals surface area contributed by atoms with Crippen LogP contribution in [0.25, 0.3) is 0 Å². The molecule has 1 aromatic heterocycles. The van der Waals surface area contributed by atoms with E-state index >= 15 is 0 Å². The lowest BCUT2D eigenvalue weighted by atomic mass is 9.93. The second kappa shape index (κ2) is 7.31. The van der Waals surface area contributed by atoms with Gasteiger partial charge in [0.1, 0.15) is 17.2 Å². The molecule has 1 aliphatic rings. The van der Waals surface area contributed by atoms with Crippen molar-refractivity contribution in [3.63, 3.8) is 0 Å². The van der Waals surface area contributed by atoms with Gasteiger partial charge in [0.05, 0.1) is 13.0 Å². The van der Waals surface area contributed by atoms with Crippen molar-refractivity contribution in [2.75, 3.05) is 18.6 Å². The summed E-state index contributed by atoms with van der Waals surface area (Å²) in [7, 11) is 1.58. The van der Waals surface area contributed by atoms with E-state index in [1.54, 1.807) is 58.3 Å². The second-order valence-corrected chi connectivity index (χ2v) is 8.22. The first-order valence-electron chi connectivity index (χ1n) is 8.54. The number of ketones is 1.